The predicted octanol–water partition coefficient (Wildman–Crippen LogP) is 0.563. The highest BCUT2D eigenvalue weighted by molar-refractivity contribution is 8.05. The number of hydrogen-bond donors (Lipinski definition) is 3. The van der Waals surface area contributed by atoms with Crippen LogP contribution in [0.2, 0.25) is 0 Å². The number of carboxylic acid groups (broad SMARTS) is 1. The minimum absolute atomic E-state index is 0.0561. The van der Waals surface area contributed by atoms with E-state index >= 15 is 0 Å². The van der Waals surface area contributed by atoms with Crippen molar-refractivity contribution in [2.45, 2.75) is 37.7 Å². The lowest BCUT2D eigenvalue weighted by Gasteiger charge is -2.46. The number of carbonyl (C=O) groups excluding carboxylic acids is 1. The van der Waals surface area contributed by atoms with Gasteiger partial charge in [0.1, 0.15) is 5.70 Å². The molecule has 0 unspecified atom stereocenters. The van der Waals surface area contributed by atoms with Gasteiger partial charge in [-0.25, -0.2) is 4.79 Å². The number of aliphatic hydroxyl groups is 1. The first-order valence-corrected chi connectivity index (χ1v) is 8.56. The molecule has 22 heavy (non-hydrogen) atoms. The maximum atomic E-state index is 12.2. The Morgan fingerprint density at radius 3 is 2.73 bits per heavy atom. The number of thioether (sulfide) groups is 1. The van der Waals surface area contributed by atoms with Crippen molar-refractivity contribution in [1.29, 1.82) is 0 Å². The number of β-lactam (4-membered cyclic amide) rings is 1. The van der Waals surface area contributed by atoms with Gasteiger partial charge in [-0.1, -0.05) is 19.1 Å². The molecular weight excluding hydrogens is 324 g/mol. The number of fused-ring (bicyclic) bond motifs is 1. The van der Waals surface area contributed by atoms with E-state index in [9.17, 15) is 19.8 Å². The molecule has 0 radical (unpaired) electrons. The predicted molar refractivity (Wildman–Crippen MR) is 86.2 cm³/mol. The molecule has 2 fully saturated rings. The van der Waals surface area contributed by atoms with E-state index in [-0.39, 0.29) is 28.8 Å². The third-order valence-corrected chi connectivity index (χ3v) is 6.73. The lowest BCUT2D eigenvalue weighted by molar-refractivity contribution is -0.163. The highest BCUT2D eigenvalue weighted by Gasteiger charge is 2.60. The summed E-state index contributed by atoms with van der Waals surface area (Å²) in [4.78, 5) is 26.6. The quantitative estimate of drug-likeness (QED) is 0.508. The van der Waals surface area contributed by atoms with Gasteiger partial charge >= 0.3 is 5.97 Å². The Kier molecular flexibility index (Phi) is 3.94. The van der Waals surface area contributed by atoms with Crippen LogP contribution in [0.25, 0.3) is 0 Å². The minimum atomic E-state index is -1.09. The molecule has 3 aliphatic heterocycles. The van der Waals surface area contributed by atoms with Crippen LogP contribution in [0.1, 0.15) is 20.3 Å². The average Bonchev–Trinajstić information content (AvgIpc) is 2.92. The second-order valence-electron chi connectivity index (χ2n) is 5.96. The summed E-state index contributed by atoms with van der Waals surface area (Å²) >= 11 is 6.71. The highest BCUT2D eigenvalue weighted by atomic mass is 32.2. The van der Waals surface area contributed by atoms with Crippen LogP contribution in [0.4, 0.5) is 0 Å². The first-order chi connectivity index (χ1) is 10.3. The SMILES string of the molecule is C[C@@H](O)[C@H]1C(=O)N2C(C(=O)O)=C(S[C@H]3CCNC3=S)[C@H](C)[C@H]12. The summed E-state index contributed by atoms with van der Waals surface area (Å²) in [6, 6.07) is -0.260. The molecule has 120 valence electrons. The number of thiocarbonyl (C=S) groups is 1. The smallest absolute Gasteiger partial charge is 0.353 e. The summed E-state index contributed by atoms with van der Waals surface area (Å²) in [7, 11) is 0. The van der Waals surface area contributed by atoms with E-state index in [1.54, 1.807) is 6.92 Å². The summed E-state index contributed by atoms with van der Waals surface area (Å²) < 4.78 is 0. The van der Waals surface area contributed by atoms with E-state index < -0.39 is 18.0 Å². The fourth-order valence-electron chi connectivity index (χ4n) is 3.52. The van der Waals surface area contributed by atoms with Gasteiger partial charge in [0.05, 0.1) is 28.3 Å². The van der Waals surface area contributed by atoms with Crippen molar-refractivity contribution >= 4 is 40.8 Å². The molecule has 3 rings (SSSR count). The Bertz CT molecular complexity index is 589. The zero-order valence-corrected chi connectivity index (χ0v) is 13.9. The fraction of sp³-hybridized carbons (Fsp3) is 0.643. The normalized spacial score (nSPS) is 35.3. The monoisotopic (exact) mass is 342 g/mol. The zero-order chi connectivity index (χ0) is 16.2. The number of carbonyl (C=O) groups is 2. The molecule has 0 aromatic carbocycles. The Morgan fingerprint density at radius 1 is 1.55 bits per heavy atom. The van der Waals surface area contributed by atoms with Crippen LogP contribution in [0.15, 0.2) is 10.6 Å². The third kappa shape index (κ3) is 2.16. The molecule has 0 bridgehead atoms. The number of aliphatic hydroxyl groups excluding tert-OH is 1. The maximum absolute atomic E-state index is 12.2. The van der Waals surface area contributed by atoms with Gasteiger partial charge in [0.15, 0.2) is 0 Å². The van der Waals surface area contributed by atoms with E-state index in [4.69, 9.17) is 12.2 Å². The van der Waals surface area contributed by atoms with E-state index in [2.05, 4.69) is 5.32 Å². The number of amides is 1. The Labute approximate surface area is 137 Å². The molecule has 2 saturated heterocycles. The molecule has 6 nitrogen and oxygen atoms in total. The van der Waals surface area contributed by atoms with Gasteiger partial charge in [0, 0.05) is 17.4 Å². The van der Waals surface area contributed by atoms with Gasteiger partial charge in [-0.3, -0.25) is 4.79 Å². The average molecular weight is 342 g/mol. The summed E-state index contributed by atoms with van der Waals surface area (Å²) in [5.74, 6) is -2.01. The molecule has 3 heterocycles. The lowest BCUT2D eigenvalue weighted by atomic mass is 9.79. The van der Waals surface area contributed by atoms with Crippen LogP contribution >= 0.6 is 24.0 Å². The number of nitrogens with zero attached hydrogens (tertiary/aromatic N) is 1. The molecule has 0 saturated carbocycles. The summed E-state index contributed by atoms with van der Waals surface area (Å²) in [5.41, 5.74) is 0.0686. The molecular formula is C14H18N2O4S2. The molecule has 3 aliphatic rings. The molecule has 1 amide bonds. The molecule has 8 heteroatoms. The fourth-order valence-corrected chi connectivity index (χ4v) is 5.26. The van der Waals surface area contributed by atoms with Crippen molar-refractivity contribution in [2.24, 2.45) is 11.8 Å². The molecule has 0 aromatic rings. The number of nitrogens with one attached hydrogen (secondary N) is 1. The Hall–Kier alpha value is -1.12. The zero-order valence-electron chi connectivity index (χ0n) is 12.3. The van der Waals surface area contributed by atoms with Crippen LogP contribution in [0, 0.1) is 11.8 Å². The largest absolute Gasteiger partial charge is 0.477 e. The van der Waals surface area contributed by atoms with Crippen molar-refractivity contribution in [3.8, 4) is 0 Å². The first-order valence-electron chi connectivity index (χ1n) is 7.27. The third-order valence-electron chi connectivity index (χ3n) is 4.58. The second-order valence-corrected chi connectivity index (χ2v) is 7.64. The van der Waals surface area contributed by atoms with Crippen LogP contribution in [-0.2, 0) is 9.59 Å². The van der Waals surface area contributed by atoms with E-state index in [1.807, 2.05) is 6.92 Å². The van der Waals surface area contributed by atoms with Crippen LogP contribution in [-0.4, -0.2) is 55.9 Å². The van der Waals surface area contributed by atoms with Crippen molar-refractivity contribution in [3.63, 3.8) is 0 Å². The van der Waals surface area contributed by atoms with Gasteiger partial charge in [-0.15, -0.1) is 11.8 Å². The van der Waals surface area contributed by atoms with Gasteiger partial charge in [0.2, 0.25) is 5.91 Å². The lowest BCUT2D eigenvalue weighted by Crippen LogP contribution is -2.63. The van der Waals surface area contributed by atoms with Crippen molar-refractivity contribution in [1.82, 2.24) is 10.2 Å². The summed E-state index contributed by atoms with van der Waals surface area (Å²) in [5, 5.41) is 22.5. The standard InChI is InChI=1S/C14H18N2O4S2/c1-5-9-8(6(2)17)13(18)16(9)10(14(19)20)11(5)22-7-3-4-15-12(7)21/h5-9,17H,3-4H2,1-2H3,(H,15,21)(H,19,20)/t5-,6-,7+,8-,9-/m1/s1. The molecule has 0 spiro atoms. The molecule has 3 N–H and O–H groups in total. The van der Waals surface area contributed by atoms with Crippen LogP contribution in [0.5, 0.6) is 0 Å². The van der Waals surface area contributed by atoms with E-state index in [1.165, 1.54) is 16.7 Å². The van der Waals surface area contributed by atoms with Crippen molar-refractivity contribution < 1.29 is 19.8 Å². The van der Waals surface area contributed by atoms with Gasteiger partial charge in [-0.2, -0.15) is 0 Å². The van der Waals surface area contributed by atoms with Crippen molar-refractivity contribution in [3.05, 3.63) is 10.6 Å². The molecule has 0 aromatic heterocycles. The van der Waals surface area contributed by atoms with E-state index in [0.717, 1.165) is 18.0 Å². The minimum Gasteiger partial charge on any atom is -0.477 e. The Morgan fingerprint density at radius 2 is 2.23 bits per heavy atom. The number of hydrogen-bond acceptors (Lipinski definition) is 5. The van der Waals surface area contributed by atoms with Crippen LogP contribution < -0.4 is 5.32 Å². The topological polar surface area (TPSA) is 89.9 Å². The second kappa shape index (κ2) is 5.50. The first kappa shape index (κ1) is 15.8. The maximum Gasteiger partial charge on any atom is 0.353 e. The summed E-state index contributed by atoms with van der Waals surface area (Å²) in [6.45, 7) is 4.29. The number of aliphatic carboxylic acids is 1. The number of rotatable bonds is 4. The molecule has 0 aliphatic carbocycles. The highest BCUT2D eigenvalue weighted by Crippen LogP contribution is 2.51. The van der Waals surface area contributed by atoms with Gasteiger partial charge < -0.3 is 20.4 Å². The summed E-state index contributed by atoms with van der Waals surface area (Å²) in [6.07, 6.45) is 0.0789. The number of carboxylic acids is 1. The van der Waals surface area contributed by atoms with Crippen LogP contribution in [0.3, 0.4) is 0 Å². The van der Waals surface area contributed by atoms with E-state index in [0.29, 0.717) is 4.91 Å². The van der Waals surface area contributed by atoms with Gasteiger partial charge in [0.25, 0.3) is 0 Å². The molecule has 5 atom stereocenters. The Balaban J connectivity index is 1.92. The van der Waals surface area contributed by atoms with Gasteiger partial charge in [-0.05, 0) is 13.3 Å². The van der Waals surface area contributed by atoms with Crippen molar-refractivity contribution in [2.75, 3.05) is 6.54 Å².